The van der Waals surface area contributed by atoms with Crippen LogP contribution in [0.15, 0.2) is 65.1 Å². The normalized spacial score (nSPS) is 13.3. The Morgan fingerprint density at radius 2 is 1.83 bits per heavy atom. The number of carbonyl (C=O) groups excluding carboxylic acids is 2. The molecule has 0 aliphatic carbocycles. The number of hydrogen-bond donors (Lipinski definition) is 1. The Morgan fingerprint density at radius 3 is 2.59 bits per heavy atom. The van der Waals surface area contributed by atoms with Crippen molar-refractivity contribution < 1.29 is 14.0 Å². The molecule has 0 unspecified atom stereocenters. The summed E-state index contributed by atoms with van der Waals surface area (Å²) in [6.07, 6.45) is 0.720. The Labute approximate surface area is 170 Å². The fourth-order valence-corrected chi connectivity index (χ4v) is 3.57. The predicted molar refractivity (Wildman–Crippen MR) is 112 cm³/mol. The minimum atomic E-state index is -0.149. The summed E-state index contributed by atoms with van der Waals surface area (Å²) in [5.41, 5.74) is 3.27. The van der Waals surface area contributed by atoms with Crippen molar-refractivity contribution >= 4 is 17.5 Å². The van der Waals surface area contributed by atoms with Crippen molar-refractivity contribution in [1.29, 1.82) is 0 Å². The van der Waals surface area contributed by atoms with Crippen LogP contribution in [0.1, 0.15) is 35.5 Å². The second-order valence-corrected chi connectivity index (χ2v) is 7.62. The summed E-state index contributed by atoms with van der Waals surface area (Å²) in [7, 11) is 0. The third kappa shape index (κ3) is 4.09. The zero-order chi connectivity index (χ0) is 20.4. The first kappa shape index (κ1) is 19.0. The highest BCUT2D eigenvalue weighted by molar-refractivity contribution is 6.04. The minimum absolute atomic E-state index is 0.00664. The van der Waals surface area contributed by atoms with Crippen LogP contribution >= 0.6 is 0 Å². The van der Waals surface area contributed by atoms with E-state index in [4.69, 9.17) is 4.42 Å². The lowest BCUT2D eigenvalue weighted by atomic mass is 10.1. The third-order valence-electron chi connectivity index (χ3n) is 5.11. The third-order valence-corrected chi connectivity index (χ3v) is 5.11. The molecule has 2 heterocycles. The average molecular weight is 388 g/mol. The van der Waals surface area contributed by atoms with Crippen molar-refractivity contribution in [3.63, 3.8) is 0 Å². The maximum absolute atomic E-state index is 12.4. The number of nitrogens with one attached hydrogen (secondary N) is 1. The van der Waals surface area contributed by atoms with Crippen molar-refractivity contribution in [1.82, 2.24) is 4.90 Å². The Balaban J connectivity index is 1.52. The highest BCUT2D eigenvalue weighted by atomic mass is 16.3. The molecule has 1 aliphatic rings. The first-order valence-electron chi connectivity index (χ1n) is 9.88. The van der Waals surface area contributed by atoms with Crippen molar-refractivity contribution in [2.24, 2.45) is 5.92 Å². The molecular weight excluding hydrogens is 364 g/mol. The van der Waals surface area contributed by atoms with Crippen LogP contribution in [0.5, 0.6) is 0 Å². The Kier molecular flexibility index (Phi) is 5.21. The van der Waals surface area contributed by atoms with Gasteiger partial charge in [0.05, 0.1) is 0 Å². The van der Waals surface area contributed by atoms with E-state index < -0.39 is 0 Å². The van der Waals surface area contributed by atoms with Gasteiger partial charge in [-0.25, -0.2) is 0 Å². The summed E-state index contributed by atoms with van der Waals surface area (Å²) in [6, 6.07) is 18.7. The Bertz CT molecular complexity index is 1040. The van der Waals surface area contributed by atoms with Crippen LogP contribution in [0.3, 0.4) is 0 Å². The van der Waals surface area contributed by atoms with E-state index in [1.54, 1.807) is 12.1 Å². The second-order valence-electron chi connectivity index (χ2n) is 7.62. The molecule has 3 aromatic rings. The van der Waals surface area contributed by atoms with Gasteiger partial charge in [0.25, 0.3) is 5.91 Å². The van der Waals surface area contributed by atoms with E-state index in [9.17, 15) is 9.59 Å². The number of fused-ring (bicyclic) bond motifs is 1. The van der Waals surface area contributed by atoms with Crippen molar-refractivity contribution in [3.8, 4) is 11.3 Å². The van der Waals surface area contributed by atoms with E-state index in [0.717, 1.165) is 29.1 Å². The molecule has 0 fully saturated rings. The van der Waals surface area contributed by atoms with Crippen LogP contribution < -0.4 is 5.32 Å². The number of carbonyl (C=O) groups is 2. The highest BCUT2D eigenvalue weighted by Gasteiger charge is 2.25. The second kappa shape index (κ2) is 7.95. The molecule has 0 spiro atoms. The van der Waals surface area contributed by atoms with E-state index in [0.29, 0.717) is 24.3 Å². The zero-order valence-corrected chi connectivity index (χ0v) is 16.6. The van der Waals surface area contributed by atoms with Gasteiger partial charge in [-0.05, 0) is 30.3 Å². The van der Waals surface area contributed by atoms with Crippen molar-refractivity contribution in [2.75, 3.05) is 11.9 Å². The van der Waals surface area contributed by atoms with Gasteiger partial charge in [0, 0.05) is 47.8 Å². The summed E-state index contributed by atoms with van der Waals surface area (Å²) in [5, 5.41) is 2.93. The average Bonchev–Trinajstić information content (AvgIpc) is 3.17. The van der Waals surface area contributed by atoms with E-state index in [2.05, 4.69) is 5.32 Å². The zero-order valence-electron chi connectivity index (χ0n) is 16.6. The summed E-state index contributed by atoms with van der Waals surface area (Å²) < 4.78 is 6.07. The predicted octanol–water partition coefficient (Wildman–Crippen LogP) is 4.74. The van der Waals surface area contributed by atoms with Gasteiger partial charge in [-0.1, -0.05) is 44.2 Å². The molecule has 0 saturated heterocycles. The molecule has 4 rings (SSSR count). The molecule has 1 aliphatic heterocycles. The summed E-state index contributed by atoms with van der Waals surface area (Å²) in [5.74, 6) is 1.71. The summed E-state index contributed by atoms with van der Waals surface area (Å²) >= 11 is 0. The molecular formula is C24H24N2O3. The molecule has 1 aromatic heterocycles. The number of hydrogen-bond acceptors (Lipinski definition) is 3. The molecule has 29 heavy (non-hydrogen) atoms. The van der Waals surface area contributed by atoms with Gasteiger partial charge in [-0.2, -0.15) is 0 Å². The van der Waals surface area contributed by atoms with E-state index >= 15 is 0 Å². The van der Waals surface area contributed by atoms with Gasteiger partial charge >= 0.3 is 0 Å². The molecule has 2 amide bonds. The lowest BCUT2D eigenvalue weighted by Gasteiger charge is -2.27. The van der Waals surface area contributed by atoms with Crippen molar-refractivity contribution in [2.45, 2.75) is 26.8 Å². The molecule has 5 nitrogen and oxygen atoms in total. The minimum Gasteiger partial charge on any atom is -0.461 e. The standard InChI is InChI=1S/C24H24N2O3/c1-16(2)24(28)26-12-11-21-19(15-26)14-22(29-21)18-9-6-10-20(13-18)25-23(27)17-7-4-3-5-8-17/h3-10,13-14,16H,11-12,15H2,1-2H3,(H,25,27). The quantitative estimate of drug-likeness (QED) is 0.702. The van der Waals surface area contributed by atoms with Crippen LogP contribution in [-0.2, 0) is 17.8 Å². The molecule has 1 N–H and O–H groups in total. The van der Waals surface area contributed by atoms with E-state index in [1.807, 2.05) is 67.3 Å². The van der Waals surface area contributed by atoms with Gasteiger partial charge in [-0.3, -0.25) is 9.59 Å². The maximum atomic E-state index is 12.4. The van der Waals surface area contributed by atoms with Crippen LogP contribution in [0.25, 0.3) is 11.3 Å². The largest absolute Gasteiger partial charge is 0.461 e. The van der Waals surface area contributed by atoms with Gasteiger partial charge in [-0.15, -0.1) is 0 Å². The summed E-state index contributed by atoms with van der Waals surface area (Å²) in [4.78, 5) is 26.6. The van der Waals surface area contributed by atoms with Crippen LogP contribution in [-0.4, -0.2) is 23.3 Å². The van der Waals surface area contributed by atoms with Crippen LogP contribution in [0.4, 0.5) is 5.69 Å². The first-order valence-corrected chi connectivity index (χ1v) is 9.88. The molecule has 0 saturated carbocycles. The molecule has 148 valence electrons. The van der Waals surface area contributed by atoms with Crippen LogP contribution in [0, 0.1) is 5.92 Å². The highest BCUT2D eigenvalue weighted by Crippen LogP contribution is 2.31. The first-order chi connectivity index (χ1) is 14.0. The van der Waals surface area contributed by atoms with Gasteiger partial charge in [0.2, 0.25) is 5.91 Å². The number of nitrogens with zero attached hydrogens (tertiary/aromatic N) is 1. The van der Waals surface area contributed by atoms with E-state index in [1.165, 1.54) is 0 Å². The Morgan fingerprint density at radius 1 is 1.03 bits per heavy atom. The van der Waals surface area contributed by atoms with Crippen molar-refractivity contribution in [3.05, 3.63) is 77.6 Å². The fourth-order valence-electron chi connectivity index (χ4n) is 3.57. The van der Waals surface area contributed by atoms with Gasteiger partial charge in [0.15, 0.2) is 0 Å². The van der Waals surface area contributed by atoms with Crippen LogP contribution in [0.2, 0.25) is 0 Å². The molecule has 2 aromatic carbocycles. The maximum Gasteiger partial charge on any atom is 0.255 e. The fraction of sp³-hybridized carbons (Fsp3) is 0.250. The smallest absolute Gasteiger partial charge is 0.255 e. The molecule has 0 radical (unpaired) electrons. The number of anilines is 1. The van der Waals surface area contributed by atoms with Gasteiger partial charge < -0.3 is 14.6 Å². The monoisotopic (exact) mass is 388 g/mol. The van der Waals surface area contributed by atoms with Gasteiger partial charge in [0.1, 0.15) is 11.5 Å². The summed E-state index contributed by atoms with van der Waals surface area (Å²) in [6.45, 7) is 5.12. The number of rotatable bonds is 4. The number of amides is 2. The lowest BCUT2D eigenvalue weighted by Crippen LogP contribution is -2.37. The topological polar surface area (TPSA) is 62.6 Å². The lowest BCUT2D eigenvalue weighted by molar-refractivity contribution is -0.135. The molecule has 5 heteroatoms. The SMILES string of the molecule is CC(C)C(=O)N1CCc2oc(-c3cccc(NC(=O)c4ccccc4)c3)cc2C1. The number of benzene rings is 2. The Hall–Kier alpha value is -3.34. The molecule has 0 bridgehead atoms. The molecule has 0 atom stereocenters. The number of furan rings is 1. The van der Waals surface area contributed by atoms with E-state index in [-0.39, 0.29) is 17.7 Å².